The number of amides is 2. The summed E-state index contributed by atoms with van der Waals surface area (Å²) in [6, 6.07) is 2.59. The fourth-order valence-corrected chi connectivity index (χ4v) is 5.05. The van der Waals surface area contributed by atoms with Crippen molar-refractivity contribution in [2.24, 2.45) is 11.1 Å². The summed E-state index contributed by atoms with van der Waals surface area (Å²) in [5.41, 5.74) is 2.99. The number of aromatic nitrogens is 3. The van der Waals surface area contributed by atoms with E-state index in [1.807, 2.05) is 0 Å². The normalized spacial score (nSPS) is 26.6. The van der Waals surface area contributed by atoms with E-state index < -0.39 is 34.8 Å². The molecule has 11 heteroatoms. The molecule has 2 aliphatic heterocycles. The van der Waals surface area contributed by atoms with Crippen molar-refractivity contribution >= 4 is 17.5 Å². The third-order valence-electron chi connectivity index (χ3n) is 6.37. The van der Waals surface area contributed by atoms with Crippen molar-refractivity contribution < 1.29 is 27.5 Å². The molecule has 2 bridgehead atoms. The van der Waals surface area contributed by atoms with E-state index in [0.29, 0.717) is 32.3 Å². The number of anilines is 1. The molecule has 8 nitrogen and oxygen atoms in total. The monoisotopic (exact) mass is 449 g/mol. The Bertz CT molecular complexity index is 1120. The van der Waals surface area contributed by atoms with Crippen LogP contribution in [-0.2, 0) is 17.5 Å². The highest BCUT2D eigenvalue weighted by atomic mass is 19.4. The van der Waals surface area contributed by atoms with Crippen LogP contribution < -0.4 is 11.1 Å². The van der Waals surface area contributed by atoms with Gasteiger partial charge in [0, 0.05) is 17.8 Å². The second kappa shape index (κ2) is 6.77. The number of primary amides is 1. The van der Waals surface area contributed by atoms with Gasteiger partial charge in [0.25, 0.3) is 11.8 Å². The lowest BCUT2D eigenvalue weighted by Gasteiger charge is -2.42. The fourth-order valence-electron chi connectivity index (χ4n) is 5.05. The molecule has 0 spiro atoms. The molecule has 2 aromatic heterocycles. The van der Waals surface area contributed by atoms with Gasteiger partial charge in [-0.25, -0.2) is 0 Å². The lowest BCUT2D eigenvalue weighted by Crippen LogP contribution is -2.46. The van der Waals surface area contributed by atoms with Gasteiger partial charge in [-0.2, -0.15) is 18.3 Å². The largest absolute Gasteiger partial charge is 0.420 e. The average Bonchev–Trinajstić information content (AvgIpc) is 3.28. The summed E-state index contributed by atoms with van der Waals surface area (Å²) in [6.45, 7) is 2.69. The Morgan fingerprint density at radius 2 is 2.06 bits per heavy atom. The number of carbonyl (C=O) groups is 2. The second-order valence-electron chi connectivity index (χ2n) is 9.42. The molecule has 2 saturated carbocycles. The van der Waals surface area contributed by atoms with Gasteiger partial charge < -0.3 is 15.8 Å². The van der Waals surface area contributed by atoms with E-state index >= 15 is 0 Å². The Balaban J connectivity index is 1.54. The molecule has 4 aliphatic rings. The third-order valence-corrected chi connectivity index (χ3v) is 6.37. The van der Waals surface area contributed by atoms with Gasteiger partial charge in [-0.15, -0.1) is 0 Å². The van der Waals surface area contributed by atoms with Crippen molar-refractivity contribution in [3.8, 4) is 0 Å². The quantitative estimate of drug-likeness (QED) is 0.704. The topological polar surface area (TPSA) is 112 Å². The Morgan fingerprint density at radius 3 is 2.62 bits per heavy atom. The van der Waals surface area contributed by atoms with E-state index in [1.165, 1.54) is 18.3 Å². The molecule has 2 aliphatic carbocycles. The number of ether oxygens (including phenoxy) is 1. The molecular formula is C21H22F3N5O3. The average molecular weight is 449 g/mol. The van der Waals surface area contributed by atoms with Crippen molar-refractivity contribution in [1.82, 2.24) is 14.8 Å². The van der Waals surface area contributed by atoms with E-state index in [-0.39, 0.29) is 35.0 Å². The van der Waals surface area contributed by atoms with Crippen LogP contribution >= 0.6 is 0 Å². The van der Waals surface area contributed by atoms with E-state index in [9.17, 15) is 22.8 Å². The van der Waals surface area contributed by atoms with Crippen LogP contribution in [0.3, 0.4) is 0 Å². The molecular weight excluding hydrogens is 427 g/mol. The zero-order chi connectivity index (χ0) is 22.9. The molecule has 0 atom stereocenters. The molecule has 3 N–H and O–H groups in total. The zero-order valence-electron chi connectivity index (χ0n) is 17.3. The van der Waals surface area contributed by atoms with Crippen LogP contribution in [-0.4, -0.2) is 38.8 Å². The Hall–Kier alpha value is -2.95. The Morgan fingerprint density at radius 1 is 1.34 bits per heavy atom. The second-order valence-corrected chi connectivity index (χ2v) is 9.42. The minimum Gasteiger partial charge on any atom is -0.372 e. The van der Waals surface area contributed by atoms with Gasteiger partial charge in [0.1, 0.15) is 17.0 Å². The lowest BCUT2D eigenvalue weighted by molar-refractivity contribution is -0.138. The van der Waals surface area contributed by atoms with Crippen LogP contribution in [0.2, 0.25) is 0 Å². The van der Waals surface area contributed by atoms with E-state index in [2.05, 4.69) is 22.3 Å². The summed E-state index contributed by atoms with van der Waals surface area (Å²) in [5, 5.41) is 6.72. The summed E-state index contributed by atoms with van der Waals surface area (Å²) < 4.78 is 49.4. The first-order valence-electron chi connectivity index (χ1n) is 10.4. The predicted octanol–water partition coefficient (Wildman–Crippen LogP) is 3.09. The van der Waals surface area contributed by atoms with Crippen LogP contribution in [0.4, 0.5) is 18.9 Å². The van der Waals surface area contributed by atoms with E-state index in [0.717, 1.165) is 4.68 Å². The number of nitrogens with two attached hydrogens (primary N) is 1. The maximum atomic E-state index is 14.1. The third kappa shape index (κ3) is 3.54. The van der Waals surface area contributed by atoms with Gasteiger partial charge in [-0.05, 0) is 43.2 Å². The predicted molar refractivity (Wildman–Crippen MR) is 106 cm³/mol. The molecule has 0 radical (unpaired) electrons. The summed E-state index contributed by atoms with van der Waals surface area (Å²) >= 11 is 0. The number of carbonyl (C=O) groups excluding carboxylic acids is 2. The first-order chi connectivity index (χ1) is 15.0. The molecule has 2 saturated heterocycles. The van der Waals surface area contributed by atoms with Gasteiger partial charge in [-0.3, -0.25) is 19.3 Å². The first-order valence-corrected chi connectivity index (χ1v) is 10.4. The van der Waals surface area contributed by atoms with Gasteiger partial charge in [0.05, 0.1) is 24.4 Å². The van der Waals surface area contributed by atoms with Gasteiger partial charge >= 0.3 is 6.18 Å². The maximum absolute atomic E-state index is 14.1. The Labute approximate surface area is 181 Å². The molecule has 4 fully saturated rings. The molecule has 0 unspecified atom stereocenters. The number of hydrogen-bond acceptors (Lipinski definition) is 5. The van der Waals surface area contributed by atoms with Crippen LogP contribution in [0.1, 0.15) is 70.8 Å². The lowest BCUT2D eigenvalue weighted by atomic mass is 9.64. The highest BCUT2D eigenvalue weighted by Crippen LogP contribution is 2.58. The number of halogens is 3. The van der Waals surface area contributed by atoms with Gasteiger partial charge in [0.2, 0.25) is 0 Å². The number of pyridine rings is 1. The number of nitrogens with one attached hydrogen (secondary N) is 1. The SMILES string of the molecule is CC12COC(Cn3nc(C4CC4)c(C(F)(F)F)c3C(=O)Nc3ccnc(C(N)=O)c3)(C1)C2. The van der Waals surface area contributed by atoms with Crippen molar-refractivity contribution in [3.63, 3.8) is 0 Å². The van der Waals surface area contributed by atoms with Crippen LogP contribution in [0, 0.1) is 5.41 Å². The molecule has 0 aromatic carbocycles. The highest BCUT2D eigenvalue weighted by Gasteiger charge is 2.60. The van der Waals surface area contributed by atoms with Crippen LogP contribution in [0.5, 0.6) is 0 Å². The number of nitrogens with zero attached hydrogens (tertiary/aromatic N) is 3. The minimum atomic E-state index is -4.75. The summed E-state index contributed by atoms with van der Waals surface area (Å²) in [7, 11) is 0. The van der Waals surface area contributed by atoms with Crippen molar-refractivity contribution in [2.75, 3.05) is 11.9 Å². The molecule has 32 heavy (non-hydrogen) atoms. The molecule has 4 heterocycles. The van der Waals surface area contributed by atoms with Gasteiger partial charge in [-0.1, -0.05) is 6.92 Å². The Kier molecular flexibility index (Phi) is 4.43. The summed E-state index contributed by atoms with van der Waals surface area (Å²) in [6.07, 6.45) is -0.864. The van der Waals surface area contributed by atoms with Crippen molar-refractivity contribution in [3.05, 3.63) is 41.0 Å². The van der Waals surface area contributed by atoms with Crippen LogP contribution in [0.25, 0.3) is 0 Å². The van der Waals surface area contributed by atoms with E-state index in [1.54, 1.807) is 0 Å². The number of rotatable bonds is 6. The zero-order valence-corrected chi connectivity index (χ0v) is 17.3. The minimum absolute atomic E-state index is 0.0317. The molecule has 2 amide bonds. The summed E-state index contributed by atoms with van der Waals surface area (Å²) in [5.74, 6) is -2.09. The standard InChI is InChI=1S/C21H22F3N5O3/c1-19-7-20(8-19,32-10-19)9-29-16(14(21(22,23)24)15(28-29)11-2-3-11)18(31)27-12-4-5-26-13(6-12)17(25)30/h4-6,11H,2-3,7-10H2,1H3,(H2,25,30)(H,26,27,31). The van der Waals surface area contributed by atoms with Crippen molar-refractivity contribution in [2.45, 2.75) is 56.8 Å². The maximum Gasteiger partial charge on any atom is 0.420 e. The number of fused-ring (bicyclic) bond motifs is 1. The smallest absolute Gasteiger partial charge is 0.372 e. The van der Waals surface area contributed by atoms with E-state index in [4.69, 9.17) is 10.5 Å². The highest BCUT2D eigenvalue weighted by molar-refractivity contribution is 6.05. The fraction of sp³-hybridized carbons (Fsp3) is 0.524. The summed E-state index contributed by atoms with van der Waals surface area (Å²) in [4.78, 5) is 28.3. The first kappa shape index (κ1) is 20.9. The molecule has 170 valence electrons. The number of alkyl halides is 3. The van der Waals surface area contributed by atoms with Crippen LogP contribution in [0.15, 0.2) is 18.3 Å². The van der Waals surface area contributed by atoms with Gasteiger partial charge in [0.15, 0.2) is 0 Å². The van der Waals surface area contributed by atoms with Crippen molar-refractivity contribution in [1.29, 1.82) is 0 Å². The molecule has 2 aromatic rings. The number of hydrogen-bond donors (Lipinski definition) is 2. The molecule has 6 rings (SSSR count).